The van der Waals surface area contributed by atoms with E-state index in [-0.39, 0.29) is 11.7 Å². The van der Waals surface area contributed by atoms with Gasteiger partial charge in [-0.2, -0.15) is 11.8 Å². The third-order valence-electron chi connectivity index (χ3n) is 2.84. The fourth-order valence-corrected chi connectivity index (χ4v) is 3.06. The van der Waals surface area contributed by atoms with Gasteiger partial charge < -0.3 is 9.72 Å². The van der Waals surface area contributed by atoms with Crippen LogP contribution in [0.3, 0.4) is 0 Å². The Morgan fingerprint density at radius 2 is 2.40 bits per heavy atom. The molecule has 80 valence electrons. The minimum absolute atomic E-state index is 0.00796. The maximum absolute atomic E-state index is 11.7. The molecule has 2 aliphatic heterocycles. The number of hydrogen-bond donors (Lipinski definition) is 1. The predicted molar refractivity (Wildman–Crippen MR) is 57.8 cm³/mol. The van der Waals surface area contributed by atoms with Crippen LogP contribution in [0.2, 0.25) is 0 Å². The van der Waals surface area contributed by atoms with Crippen molar-refractivity contribution < 1.29 is 4.74 Å². The second kappa shape index (κ2) is 3.64. The molecule has 0 saturated carbocycles. The van der Waals surface area contributed by atoms with E-state index >= 15 is 0 Å². The zero-order chi connectivity index (χ0) is 10.3. The lowest BCUT2D eigenvalue weighted by Crippen LogP contribution is -2.18. The fourth-order valence-electron chi connectivity index (χ4n) is 2.03. The highest BCUT2D eigenvalue weighted by atomic mass is 32.2. The number of hydrogen-bond acceptors (Lipinski definition) is 4. The Hall–Kier alpha value is -0.810. The van der Waals surface area contributed by atoms with Crippen LogP contribution in [-0.2, 0) is 16.2 Å². The molecular weight excluding hydrogens is 212 g/mol. The van der Waals surface area contributed by atoms with Crippen molar-refractivity contribution in [2.24, 2.45) is 0 Å². The van der Waals surface area contributed by atoms with Crippen LogP contribution in [0.4, 0.5) is 0 Å². The van der Waals surface area contributed by atoms with Gasteiger partial charge in [-0.1, -0.05) is 0 Å². The molecule has 1 N–H and O–H groups in total. The number of H-pyrrole nitrogens is 1. The first-order chi connectivity index (χ1) is 7.34. The van der Waals surface area contributed by atoms with Crippen LogP contribution in [0.1, 0.15) is 36.0 Å². The maximum atomic E-state index is 11.7. The van der Waals surface area contributed by atoms with E-state index in [1.165, 1.54) is 0 Å². The summed E-state index contributed by atoms with van der Waals surface area (Å²) in [5, 5.41) is 0. The molecule has 1 unspecified atom stereocenters. The molecule has 1 aromatic heterocycles. The van der Waals surface area contributed by atoms with Gasteiger partial charge in [0, 0.05) is 23.7 Å². The standard InChI is InChI=1S/C10H12N2O2S/c13-10-6-4-15-5-7(6)11-9(12-10)8-2-1-3-14-8/h8H,1-5H2,(H,11,12,13). The number of ether oxygens (including phenoxy) is 1. The summed E-state index contributed by atoms with van der Waals surface area (Å²) in [6, 6.07) is 0. The third-order valence-corrected chi connectivity index (χ3v) is 3.81. The van der Waals surface area contributed by atoms with E-state index in [2.05, 4.69) is 9.97 Å². The Balaban J connectivity index is 2.03. The first-order valence-corrected chi connectivity index (χ1v) is 6.31. The van der Waals surface area contributed by atoms with E-state index in [9.17, 15) is 4.79 Å². The average molecular weight is 224 g/mol. The van der Waals surface area contributed by atoms with Crippen LogP contribution in [0.25, 0.3) is 0 Å². The number of fused-ring (bicyclic) bond motifs is 1. The zero-order valence-electron chi connectivity index (χ0n) is 8.28. The van der Waals surface area contributed by atoms with E-state index in [1.54, 1.807) is 11.8 Å². The van der Waals surface area contributed by atoms with E-state index in [4.69, 9.17) is 4.74 Å². The lowest BCUT2D eigenvalue weighted by atomic mass is 10.2. The largest absolute Gasteiger partial charge is 0.370 e. The van der Waals surface area contributed by atoms with Gasteiger partial charge in [-0.05, 0) is 12.8 Å². The molecule has 1 aromatic rings. The lowest BCUT2D eigenvalue weighted by molar-refractivity contribution is 0.104. The van der Waals surface area contributed by atoms with Crippen molar-refractivity contribution in [1.82, 2.24) is 9.97 Å². The number of thioether (sulfide) groups is 1. The van der Waals surface area contributed by atoms with Crippen molar-refractivity contribution in [3.63, 3.8) is 0 Å². The second-order valence-corrected chi connectivity index (χ2v) is 4.86. The van der Waals surface area contributed by atoms with Crippen molar-refractivity contribution in [3.05, 3.63) is 27.4 Å². The molecule has 5 heteroatoms. The third kappa shape index (κ3) is 1.59. The summed E-state index contributed by atoms with van der Waals surface area (Å²) in [4.78, 5) is 19.1. The van der Waals surface area contributed by atoms with Crippen LogP contribution in [0, 0.1) is 0 Å². The van der Waals surface area contributed by atoms with Crippen molar-refractivity contribution in [2.75, 3.05) is 6.61 Å². The molecule has 0 radical (unpaired) electrons. The van der Waals surface area contributed by atoms with E-state index in [0.717, 1.165) is 48.0 Å². The van der Waals surface area contributed by atoms with E-state index < -0.39 is 0 Å². The smallest absolute Gasteiger partial charge is 0.255 e. The first kappa shape index (κ1) is 9.42. The average Bonchev–Trinajstić information content (AvgIpc) is 2.88. The normalized spacial score (nSPS) is 24.4. The summed E-state index contributed by atoms with van der Waals surface area (Å²) in [6.07, 6.45) is 2.03. The highest BCUT2D eigenvalue weighted by molar-refractivity contribution is 7.98. The van der Waals surface area contributed by atoms with E-state index in [0.29, 0.717) is 0 Å². The zero-order valence-corrected chi connectivity index (χ0v) is 9.10. The molecule has 1 saturated heterocycles. The minimum Gasteiger partial charge on any atom is -0.370 e. The van der Waals surface area contributed by atoms with Crippen molar-refractivity contribution in [3.8, 4) is 0 Å². The Morgan fingerprint density at radius 3 is 3.20 bits per heavy atom. The van der Waals surface area contributed by atoms with Crippen LogP contribution < -0.4 is 5.56 Å². The maximum Gasteiger partial charge on any atom is 0.255 e. The molecule has 0 aromatic carbocycles. The van der Waals surface area contributed by atoms with Gasteiger partial charge in [0.15, 0.2) is 0 Å². The van der Waals surface area contributed by atoms with Gasteiger partial charge in [0.2, 0.25) is 0 Å². The van der Waals surface area contributed by atoms with E-state index in [1.807, 2.05) is 0 Å². The monoisotopic (exact) mass is 224 g/mol. The first-order valence-electron chi connectivity index (χ1n) is 5.16. The van der Waals surface area contributed by atoms with Crippen LogP contribution in [0.15, 0.2) is 4.79 Å². The van der Waals surface area contributed by atoms with Gasteiger partial charge in [-0.15, -0.1) is 0 Å². The summed E-state index contributed by atoms with van der Waals surface area (Å²) in [5.41, 5.74) is 1.83. The molecule has 1 atom stereocenters. The Morgan fingerprint density at radius 1 is 1.47 bits per heavy atom. The number of aromatic nitrogens is 2. The van der Waals surface area contributed by atoms with Crippen molar-refractivity contribution in [2.45, 2.75) is 30.5 Å². The molecule has 1 fully saturated rings. The SMILES string of the molecule is O=c1[nH]c(C2CCCO2)nc2c1CSC2. The van der Waals surface area contributed by atoms with Gasteiger partial charge in [-0.25, -0.2) is 4.98 Å². The Bertz CT molecular complexity index is 438. The summed E-state index contributed by atoms with van der Waals surface area (Å²) < 4.78 is 5.51. The molecule has 0 amide bonds. The predicted octanol–water partition coefficient (Wildman–Crippen LogP) is 1.37. The molecule has 3 rings (SSSR count). The van der Waals surface area contributed by atoms with Crippen LogP contribution in [-0.4, -0.2) is 16.6 Å². The van der Waals surface area contributed by atoms with Gasteiger partial charge in [0.25, 0.3) is 5.56 Å². The van der Waals surface area contributed by atoms with Gasteiger partial charge in [0.1, 0.15) is 11.9 Å². The molecule has 4 nitrogen and oxygen atoms in total. The molecule has 3 heterocycles. The van der Waals surface area contributed by atoms with Crippen molar-refractivity contribution in [1.29, 1.82) is 0 Å². The van der Waals surface area contributed by atoms with Crippen molar-refractivity contribution >= 4 is 11.8 Å². The second-order valence-electron chi connectivity index (χ2n) is 3.87. The molecule has 15 heavy (non-hydrogen) atoms. The summed E-state index contributed by atoms with van der Waals surface area (Å²) in [7, 11) is 0. The Labute approximate surface area is 91.4 Å². The highest BCUT2D eigenvalue weighted by Gasteiger charge is 2.24. The lowest BCUT2D eigenvalue weighted by Gasteiger charge is -2.09. The van der Waals surface area contributed by atoms with Gasteiger partial charge in [-0.3, -0.25) is 4.79 Å². The quantitative estimate of drug-likeness (QED) is 0.782. The molecule has 0 bridgehead atoms. The molecular formula is C10H12N2O2S. The van der Waals surface area contributed by atoms with Gasteiger partial charge in [0.05, 0.1) is 5.69 Å². The summed E-state index contributed by atoms with van der Waals surface area (Å²) in [5.74, 6) is 2.38. The number of aromatic amines is 1. The summed E-state index contributed by atoms with van der Waals surface area (Å²) >= 11 is 1.74. The minimum atomic E-state index is 0.00796. The van der Waals surface area contributed by atoms with Crippen LogP contribution >= 0.6 is 11.8 Å². The molecule has 0 aliphatic carbocycles. The topological polar surface area (TPSA) is 55.0 Å². The summed E-state index contributed by atoms with van der Waals surface area (Å²) in [6.45, 7) is 0.778. The highest BCUT2D eigenvalue weighted by Crippen LogP contribution is 2.29. The molecule has 2 aliphatic rings. The number of nitrogens with zero attached hydrogens (tertiary/aromatic N) is 1. The van der Waals surface area contributed by atoms with Gasteiger partial charge >= 0.3 is 0 Å². The number of nitrogens with one attached hydrogen (secondary N) is 1. The Kier molecular flexibility index (Phi) is 2.29. The fraction of sp³-hybridized carbons (Fsp3) is 0.600. The number of rotatable bonds is 1. The molecule has 0 spiro atoms. The van der Waals surface area contributed by atoms with Crippen LogP contribution in [0.5, 0.6) is 0 Å².